The first kappa shape index (κ1) is 15.2. The second-order valence-electron chi connectivity index (χ2n) is 6.92. The van der Waals surface area contributed by atoms with E-state index in [1.165, 1.54) is 17.7 Å². The Hall–Kier alpha value is -2.33. The average Bonchev–Trinajstić information content (AvgIpc) is 3.21. The van der Waals surface area contributed by atoms with E-state index in [-0.39, 0.29) is 0 Å². The van der Waals surface area contributed by atoms with Crippen molar-refractivity contribution in [2.75, 3.05) is 32.1 Å². The van der Waals surface area contributed by atoms with Crippen LogP contribution in [0.5, 0.6) is 0 Å². The number of nitrogens with zero attached hydrogens (tertiary/aromatic N) is 3. The van der Waals surface area contributed by atoms with Gasteiger partial charge in [-0.05, 0) is 42.8 Å². The largest absolute Gasteiger partial charge is 0.378 e. The van der Waals surface area contributed by atoms with Crippen molar-refractivity contribution < 1.29 is 0 Å². The van der Waals surface area contributed by atoms with Crippen LogP contribution >= 0.6 is 0 Å². The number of rotatable bonds is 4. The van der Waals surface area contributed by atoms with Crippen LogP contribution in [0.3, 0.4) is 0 Å². The summed E-state index contributed by atoms with van der Waals surface area (Å²) in [6.07, 6.45) is 1.18. The molecule has 0 saturated carbocycles. The first-order valence-corrected chi connectivity index (χ1v) is 8.62. The number of likely N-dealkylation sites (tertiary alicyclic amines) is 1. The molecule has 0 spiro atoms. The number of imidazole rings is 1. The molecule has 2 aromatic carbocycles. The molecule has 0 bridgehead atoms. The molecule has 1 atom stereocenters. The van der Waals surface area contributed by atoms with Crippen LogP contribution in [0.15, 0.2) is 48.5 Å². The summed E-state index contributed by atoms with van der Waals surface area (Å²) in [5.41, 5.74) is 4.85. The number of hydrogen-bond donors (Lipinski definition) is 1. The molecule has 4 nitrogen and oxygen atoms in total. The van der Waals surface area contributed by atoms with Crippen LogP contribution in [-0.2, 0) is 6.54 Å². The smallest absolute Gasteiger partial charge is 0.111 e. The molecule has 24 heavy (non-hydrogen) atoms. The minimum Gasteiger partial charge on any atom is -0.378 e. The number of anilines is 1. The number of benzene rings is 2. The summed E-state index contributed by atoms with van der Waals surface area (Å²) in [7, 11) is 4.15. The fraction of sp³-hybridized carbons (Fsp3) is 0.350. The zero-order chi connectivity index (χ0) is 16.5. The topological polar surface area (TPSA) is 35.2 Å². The van der Waals surface area contributed by atoms with Gasteiger partial charge in [0.05, 0.1) is 11.0 Å². The highest BCUT2D eigenvalue weighted by molar-refractivity contribution is 5.74. The monoisotopic (exact) mass is 320 g/mol. The normalized spacial score (nSPS) is 18.3. The molecule has 1 saturated heterocycles. The Balaban J connectivity index is 1.42. The average molecular weight is 320 g/mol. The Kier molecular flexibility index (Phi) is 3.98. The third-order valence-electron chi connectivity index (χ3n) is 4.93. The predicted octanol–water partition coefficient (Wildman–Crippen LogP) is 3.62. The molecular weight excluding hydrogens is 296 g/mol. The van der Waals surface area contributed by atoms with E-state index in [0.717, 1.165) is 36.5 Å². The third kappa shape index (κ3) is 3.02. The fourth-order valence-corrected chi connectivity index (χ4v) is 3.52. The molecule has 1 aromatic heterocycles. The first-order chi connectivity index (χ1) is 11.7. The number of aromatic nitrogens is 2. The Morgan fingerprint density at radius 1 is 1.12 bits per heavy atom. The molecule has 124 valence electrons. The quantitative estimate of drug-likeness (QED) is 0.797. The Labute approximate surface area is 143 Å². The SMILES string of the molecule is CN(C)c1ccc(CN2CC[C@H](c3nc4ccccc4[nH]3)C2)cc1. The number of fused-ring (bicyclic) bond motifs is 1. The molecular formula is C20H24N4. The lowest BCUT2D eigenvalue weighted by molar-refractivity contribution is 0.326. The summed E-state index contributed by atoms with van der Waals surface area (Å²) in [6.45, 7) is 3.23. The van der Waals surface area contributed by atoms with E-state index in [2.05, 4.69) is 71.3 Å². The maximum Gasteiger partial charge on any atom is 0.111 e. The van der Waals surface area contributed by atoms with Crippen LogP contribution in [-0.4, -0.2) is 42.1 Å². The van der Waals surface area contributed by atoms with Crippen molar-refractivity contribution in [2.45, 2.75) is 18.9 Å². The van der Waals surface area contributed by atoms with Gasteiger partial charge >= 0.3 is 0 Å². The van der Waals surface area contributed by atoms with E-state index in [4.69, 9.17) is 4.98 Å². The maximum absolute atomic E-state index is 4.78. The van der Waals surface area contributed by atoms with E-state index in [1.807, 2.05) is 6.07 Å². The lowest BCUT2D eigenvalue weighted by Crippen LogP contribution is -2.20. The van der Waals surface area contributed by atoms with Gasteiger partial charge in [0.15, 0.2) is 0 Å². The van der Waals surface area contributed by atoms with E-state index in [0.29, 0.717) is 5.92 Å². The molecule has 0 unspecified atom stereocenters. The molecule has 1 fully saturated rings. The molecule has 4 rings (SSSR count). The molecule has 2 heterocycles. The minimum atomic E-state index is 0.512. The van der Waals surface area contributed by atoms with E-state index in [1.54, 1.807) is 0 Å². The Morgan fingerprint density at radius 2 is 1.92 bits per heavy atom. The molecule has 4 heteroatoms. The number of hydrogen-bond acceptors (Lipinski definition) is 3. The standard InChI is InChI=1S/C20H24N4/c1-23(2)17-9-7-15(8-10-17)13-24-12-11-16(14-24)20-21-18-5-3-4-6-19(18)22-20/h3-10,16H,11-14H2,1-2H3,(H,21,22)/t16-/m0/s1. The highest BCUT2D eigenvalue weighted by Gasteiger charge is 2.26. The molecule has 1 aliphatic rings. The van der Waals surface area contributed by atoms with Crippen molar-refractivity contribution in [1.29, 1.82) is 0 Å². The summed E-state index contributed by atoms with van der Waals surface area (Å²) < 4.78 is 0. The zero-order valence-electron chi connectivity index (χ0n) is 14.4. The second-order valence-corrected chi connectivity index (χ2v) is 6.92. The van der Waals surface area contributed by atoms with Crippen molar-refractivity contribution >= 4 is 16.7 Å². The van der Waals surface area contributed by atoms with Gasteiger partial charge < -0.3 is 9.88 Å². The van der Waals surface area contributed by atoms with Crippen LogP contribution in [0.2, 0.25) is 0 Å². The number of para-hydroxylation sites is 2. The van der Waals surface area contributed by atoms with Gasteiger partial charge in [0.1, 0.15) is 5.82 Å². The first-order valence-electron chi connectivity index (χ1n) is 8.62. The minimum absolute atomic E-state index is 0.512. The third-order valence-corrected chi connectivity index (χ3v) is 4.93. The van der Waals surface area contributed by atoms with Crippen molar-refractivity contribution in [3.8, 4) is 0 Å². The summed E-state index contributed by atoms with van der Waals surface area (Å²) in [6, 6.07) is 17.2. The fourth-order valence-electron chi connectivity index (χ4n) is 3.52. The Bertz CT molecular complexity index is 786. The van der Waals surface area contributed by atoms with Gasteiger partial charge in [-0.2, -0.15) is 0 Å². The summed E-state index contributed by atoms with van der Waals surface area (Å²) in [5.74, 6) is 1.65. The Morgan fingerprint density at radius 3 is 2.67 bits per heavy atom. The van der Waals surface area contributed by atoms with Gasteiger partial charge in [0, 0.05) is 38.8 Å². The summed E-state index contributed by atoms with van der Waals surface area (Å²) >= 11 is 0. The summed E-state index contributed by atoms with van der Waals surface area (Å²) in [4.78, 5) is 12.9. The van der Waals surface area contributed by atoms with E-state index in [9.17, 15) is 0 Å². The molecule has 3 aromatic rings. The van der Waals surface area contributed by atoms with Gasteiger partial charge in [-0.25, -0.2) is 4.98 Å². The predicted molar refractivity (Wildman–Crippen MR) is 99.5 cm³/mol. The molecule has 1 aliphatic heterocycles. The van der Waals surface area contributed by atoms with Gasteiger partial charge in [0.2, 0.25) is 0 Å². The van der Waals surface area contributed by atoms with Crippen LogP contribution in [0.1, 0.15) is 23.7 Å². The number of nitrogens with one attached hydrogen (secondary N) is 1. The van der Waals surface area contributed by atoms with Crippen molar-refractivity contribution in [3.05, 3.63) is 59.9 Å². The highest BCUT2D eigenvalue weighted by atomic mass is 15.2. The lowest BCUT2D eigenvalue weighted by Gasteiger charge is -2.17. The van der Waals surface area contributed by atoms with E-state index < -0.39 is 0 Å². The van der Waals surface area contributed by atoms with Gasteiger partial charge in [0.25, 0.3) is 0 Å². The summed E-state index contributed by atoms with van der Waals surface area (Å²) in [5, 5.41) is 0. The van der Waals surface area contributed by atoms with Crippen molar-refractivity contribution in [2.24, 2.45) is 0 Å². The molecule has 0 radical (unpaired) electrons. The lowest BCUT2D eigenvalue weighted by atomic mass is 10.1. The number of aromatic amines is 1. The van der Waals surface area contributed by atoms with E-state index >= 15 is 0 Å². The van der Waals surface area contributed by atoms with Gasteiger partial charge in [-0.15, -0.1) is 0 Å². The second kappa shape index (κ2) is 6.29. The van der Waals surface area contributed by atoms with Gasteiger partial charge in [-0.3, -0.25) is 4.90 Å². The van der Waals surface area contributed by atoms with Crippen molar-refractivity contribution in [3.63, 3.8) is 0 Å². The molecule has 1 N–H and O–H groups in total. The van der Waals surface area contributed by atoms with Crippen LogP contribution in [0.4, 0.5) is 5.69 Å². The van der Waals surface area contributed by atoms with Crippen LogP contribution in [0.25, 0.3) is 11.0 Å². The van der Waals surface area contributed by atoms with Crippen LogP contribution in [0, 0.1) is 0 Å². The van der Waals surface area contributed by atoms with Gasteiger partial charge in [-0.1, -0.05) is 24.3 Å². The number of H-pyrrole nitrogens is 1. The van der Waals surface area contributed by atoms with Crippen molar-refractivity contribution in [1.82, 2.24) is 14.9 Å². The maximum atomic E-state index is 4.78. The molecule has 0 amide bonds. The zero-order valence-corrected chi connectivity index (χ0v) is 14.4. The molecule has 0 aliphatic carbocycles. The van der Waals surface area contributed by atoms with Crippen LogP contribution < -0.4 is 4.90 Å². The highest BCUT2D eigenvalue weighted by Crippen LogP contribution is 2.28.